The average molecular weight is 566 g/mol. The van der Waals surface area contributed by atoms with Crippen LogP contribution in [0.15, 0.2) is 162 Å². The van der Waals surface area contributed by atoms with Gasteiger partial charge in [0.05, 0.1) is 23.3 Å². The Labute approximate surface area is 255 Å². The standard InChI is InChI=1S/C40H27N3O/c1-3-13-27(14-4-1)29-23-36(28-15-5-2-6-16-28)43-38(24-29)32-19-8-11-21-35(32)42-34-20-10-7-18-31(34)37-25-33-30-17-9-12-22-39(30)44-40(33)26-41-37/h1-26,42H. The summed E-state index contributed by atoms with van der Waals surface area (Å²) in [5.41, 5.74) is 11.6. The van der Waals surface area contributed by atoms with E-state index in [2.05, 4.69) is 115 Å². The third-order valence-electron chi connectivity index (χ3n) is 7.94. The third kappa shape index (κ3) is 4.79. The fourth-order valence-electron chi connectivity index (χ4n) is 5.78. The van der Waals surface area contributed by atoms with Gasteiger partial charge in [-0.25, -0.2) is 4.98 Å². The van der Waals surface area contributed by atoms with E-state index in [0.29, 0.717) is 0 Å². The minimum absolute atomic E-state index is 0.782. The van der Waals surface area contributed by atoms with Crippen molar-refractivity contribution in [2.24, 2.45) is 0 Å². The van der Waals surface area contributed by atoms with Crippen LogP contribution in [-0.2, 0) is 0 Å². The smallest absolute Gasteiger partial charge is 0.153 e. The van der Waals surface area contributed by atoms with Crippen LogP contribution in [0.1, 0.15) is 0 Å². The Balaban J connectivity index is 1.23. The summed E-state index contributed by atoms with van der Waals surface area (Å²) in [6.45, 7) is 0. The zero-order chi connectivity index (χ0) is 29.3. The molecule has 0 aliphatic carbocycles. The van der Waals surface area contributed by atoms with Gasteiger partial charge in [-0.2, -0.15) is 0 Å². The number of anilines is 2. The molecule has 0 bridgehead atoms. The summed E-state index contributed by atoms with van der Waals surface area (Å²) in [7, 11) is 0. The molecule has 44 heavy (non-hydrogen) atoms. The van der Waals surface area contributed by atoms with Crippen LogP contribution in [-0.4, -0.2) is 9.97 Å². The van der Waals surface area contributed by atoms with E-state index in [0.717, 1.165) is 78.2 Å². The minimum Gasteiger partial charge on any atom is -0.454 e. The monoisotopic (exact) mass is 565 g/mol. The van der Waals surface area contributed by atoms with Gasteiger partial charge in [-0.3, -0.25) is 4.98 Å². The maximum absolute atomic E-state index is 6.03. The van der Waals surface area contributed by atoms with E-state index >= 15 is 0 Å². The van der Waals surface area contributed by atoms with Gasteiger partial charge < -0.3 is 9.73 Å². The second-order valence-electron chi connectivity index (χ2n) is 10.7. The van der Waals surface area contributed by atoms with Gasteiger partial charge in [-0.15, -0.1) is 0 Å². The molecular formula is C40H27N3O. The number of furan rings is 1. The van der Waals surface area contributed by atoms with Gasteiger partial charge in [0.15, 0.2) is 5.58 Å². The van der Waals surface area contributed by atoms with Crippen LogP contribution in [0.3, 0.4) is 0 Å². The predicted octanol–water partition coefficient (Wildman–Crippen LogP) is 10.8. The first-order chi connectivity index (χ1) is 21.8. The molecule has 8 aromatic rings. The van der Waals surface area contributed by atoms with E-state index in [4.69, 9.17) is 14.4 Å². The Morgan fingerprint density at radius 3 is 1.77 bits per heavy atom. The molecule has 0 atom stereocenters. The summed E-state index contributed by atoms with van der Waals surface area (Å²) in [5.74, 6) is 0. The fourth-order valence-corrected chi connectivity index (χ4v) is 5.78. The SMILES string of the molecule is c1ccc(-c2cc(-c3ccccc3)nc(-c3ccccc3Nc3ccccc3-c3cc4c(cn3)oc3ccccc34)c2)cc1. The number of para-hydroxylation sites is 3. The second-order valence-corrected chi connectivity index (χ2v) is 10.7. The summed E-state index contributed by atoms with van der Waals surface area (Å²) in [5, 5.41) is 5.87. The van der Waals surface area contributed by atoms with Crippen LogP contribution in [0.2, 0.25) is 0 Å². The molecule has 208 valence electrons. The lowest BCUT2D eigenvalue weighted by Gasteiger charge is -2.16. The van der Waals surface area contributed by atoms with Crippen LogP contribution in [0.4, 0.5) is 11.4 Å². The fraction of sp³-hybridized carbons (Fsp3) is 0. The number of hydrogen-bond acceptors (Lipinski definition) is 4. The van der Waals surface area contributed by atoms with E-state index in [1.807, 2.05) is 48.7 Å². The van der Waals surface area contributed by atoms with Crippen molar-refractivity contribution < 1.29 is 4.42 Å². The first-order valence-electron chi connectivity index (χ1n) is 14.7. The van der Waals surface area contributed by atoms with E-state index in [-0.39, 0.29) is 0 Å². The average Bonchev–Trinajstić information content (AvgIpc) is 3.47. The van der Waals surface area contributed by atoms with Gasteiger partial charge in [0.1, 0.15) is 5.58 Å². The van der Waals surface area contributed by atoms with Gasteiger partial charge >= 0.3 is 0 Å². The quantitative estimate of drug-likeness (QED) is 0.218. The highest BCUT2D eigenvalue weighted by molar-refractivity contribution is 6.06. The van der Waals surface area contributed by atoms with Gasteiger partial charge in [0.25, 0.3) is 0 Å². The van der Waals surface area contributed by atoms with Crippen molar-refractivity contribution in [3.8, 4) is 44.9 Å². The number of fused-ring (bicyclic) bond motifs is 3. The van der Waals surface area contributed by atoms with Crippen LogP contribution >= 0.6 is 0 Å². The number of rotatable bonds is 6. The number of nitrogens with one attached hydrogen (secondary N) is 1. The van der Waals surface area contributed by atoms with Crippen LogP contribution < -0.4 is 5.32 Å². The molecule has 4 nitrogen and oxygen atoms in total. The number of nitrogens with zero attached hydrogens (tertiary/aromatic N) is 2. The molecule has 0 saturated carbocycles. The van der Waals surface area contributed by atoms with Crippen molar-refractivity contribution in [3.63, 3.8) is 0 Å². The highest BCUT2D eigenvalue weighted by Gasteiger charge is 2.15. The molecular weight excluding hydrogens is 538 g/mol. The summed E-state index contributed by atoms with van der Waals surface area (Å²) in [6, 6.07) is 52.0. The van der Waals surface area contributed by atoms with E-state index in [9.17, 15) is 0 Å². The first kappa shape index (κ1) is 25.7. The molecule has 0 spiro atoms. The van der Waals surface area contributed by atoms with Gasteiger partial charge in [-0.05, 0) is 47.5 Å². The van der Waals surface area contributed by atoms with E-state index < -0.39 is 0 Å². The van der Waals surface area contributed by atoms with Crippen molar-refractivity contribution in [1.29, 1.82) is 0 Å². The maximum atomic E-state index is 6.03. The number of aromatic nitrogens is 2. The second kappa shape index (κ2) is 11.0. The topological polar surface area (TPSA) is 51.0 Å². The normalized spacial score (nSPS) is 11.2. The molecule has 0 radical (unpaired) electrons. The molecule has 1 N–H and O–H groups in total. The van der Waals surface area contributed by atoms with Crippen LogP contribution in [0.25, 0.3) is 66.8 Å². The largest absolute Gasteiger partial charge is 0.454 e. The molecule has 0 aliphatic heterocycles. The zero-order valence-electron chi connectivity index (χ0n) is 23.8. The Morgan fingerprint density at radius 2 is 1.02 bits per heavy atom. The summed E-state index contributed by atoms with van der Waals surface area (Å²) >= 11 is 0. The Kier molecular flexibility index (Phi) is 6.43. The molecule has 5 aromatic carbocycles. The molecule has 3 heterocycles. The van der Waals surface area contributed by atoms with E-state index in [1.54, 1.807) is 0 Å². The van der Waals surface area contributed by atoms with Crippen LogP contribution in [0, 0.1) is 0 Å². The Hall–Kier alpha value is -6.00. The number of pyridine rings is 2. The van der Waals surface area contributed by atoms with Gasteiger partial charge in [-0.1, -0.05) is 115 Å². The lowest BCUT2D eigenvalue weighted by Crippen LogP contribution is -1.98. The van der Waals surface area contributed by atoms with Crippen molar-refractivity contribution >= 4 is 33.3 Å². The van der Waals surface area contributed by atoms with Gasteiger partial charge in [0.2, 0.25) is 0 Å². The molecule has 8 rings (SSSR count). The highest BCUT2D eigenvalue weighted by Crippen LogP contribution is 2.38. The molecule has 0 unspecified atom stereocenters. The molecule has 0 saturated heterocycles. The first-order valence-corrected chi connectivity index (χ1v) is 14.7. The molecule has 4 heteroatoms. The highest BCUT2D eigenvalue weighted by atomic mass is 16.3. The third-order valence-corrected chi connectivity index (χ3v) is 7.94. The molecule has 0 amide bonds. The van der Waals surface area contributed by atoms with Crippen molar-refractivity contribution in [2.45, 2.75) is 0 Å². The summed E-state index contributed by atoms with van der Waals surface area (Å²) in [4.78, 5) is 9.98. The number of hydrogen-bond donors (Lipinski definition) is 1. The van der Waals surface area contributed by atoms with Crippen LogP contribution in [0.5, 0.6) is 0 Å². The predicted molar refractivity (Wildman–Crippen MR) is 181 cm³/mol. The Morgan fingerprint density at radius 1 is 0.432 bits per heavy atom. The van der Waals surface area contributed by atoms with Crippen molar-refractivity contribution in [1.82, 2.24) is 9.97 Å². The molecule has 0 fully saturated rings. The summed E-state index contributed by atoms with van der Waals surface area (Å²) < 4.78 is 6.03. The van der Waals surface area contributed by atoms with Crippen molar-refractivity contribution in [3.05, 3.63) is 158 Å². The van der Waals surface area contributed by atoms with Gasteiger partial charge in [0, 0.05) is 38.8 Å². The zero-order valence-corrected chi connectivity index (χ0v) is 23.8. The minimum atomic E-state index is 0.782. The lowest BCUT2D eigenvalue weighted by molar-refractivity contribution is 0.667. The lowest BCUT2D eigenvalue weighted by atomic mass is 9.99. The summed E-state index contributed by atoms with van der Waals surface area (Å²) in [6.07, 6.45) is 1.82. The molecule has 0 aliphatic rings. The number of benzene rings is 5. The maximum Gasteiger partial charge on any atom is 0.153 e. The molecule has 3 aromatic heterocycles. The van der Waals surface area contributed by atoms with Crippen molar-refractivity contribution in [2.75, 3.05) is 5.32 Å². The van der Waals surface area contributed by atoms with E-state index in [1.165, 1.54) is 0 Å². The Bertz CT molecular complexity index is 2200.